The van der Waals surface area contributed by atoms with Crippen LogP contribution < -0.4 is 4.74 Å². The number of nitrogens with zero attached hydrogens (tertiary/aromatic N) is 1. The molecule has 1 aliphatic heterocycles. The van der Waals surface area contributed by atoms with Crippen molar-refractivity contribution in [2.45, 2.75) is 79.2 Å². The van der Waals surface area contributed by atoms with Gasteiger partial charge in [-0.2, -0.15) is 0 Å². The van der Waals surface area contributed by atoms with Crippen LogP contribution in [0.5, 0.6) is 5.75 Å². The summed E-state index contributed by atoms with van der Waals surface area (Å²) in [6.07, 6.45) is 2.55. The summed E-state index contributed by atoms with van der Waals surface area (Å²) in [5.74, 6) is 0.650. The second-order valence-electron chi connectivity index (χ2n) is 11.9. The molecule has 2 aliphatic carbocycles. The summed E-state index contributed by atoms with van der Waals surface area (Å²) < 4.78 is 11.7. The van der Waals surface area contributed by atoms with Gasteiger partial charge in [-0.1, -0.05) is 45.9 Å². The van der Waals surface area contributed by atoms with E-state index in [0.717, 1.165) is 46.7 Å². The normalized spacial score (nSPS) is 22.3. The highest BCUT2D eigenvalue weighted by Gasteiger charge is 2.49. The standard InChI is InChI=1S/C29H39NO4/c1-18(2)34-24-11-9-8-10-19(24)25-26-20(14-28(3,4)16-22(26)31)30(12-13-33-7)21-15-29(5,6)17-23(32)27(21)25/h8-11,18,25H,12-17H2,1-7H3. The fourth-order valence-electron chi connectivity index (χ4n) is 5.89. The predicted molar refractivity (Wildman–Crippen MR) is 134 cm³/mol. The zero-order valence-corrected chi connectivity index (χ0v) is 21.8. The lowest BCUT2D eigenvalue weighted by atomic mass is 9.63. The monoisotopic (exact) mass is 465 g/mol. The molecule has 1 heterocycles. The fourth-order valence-corrected chi connectivity index (χ4v) is 5.89. The van der Waals surface area contributed by atoms with E-state index in [-0.39, 0.29) is 34.4 Å². The third kappa shape index (κ3) is 4.59. The second-order valence-corrected chi connectivity index (χ2v) is 11.9. The summed E-state index contributed by atoms with van der Waals surface area (Å²) in [7, 11) is 1.70. The SMILES string of the molecule is COCCN1C2=C(C(=O)CC(C)(C)C2)C(c2ccccc2OC(C)C)C2=C1CC(C)(C)CC2=O. The second kappa shape index (κ2) is 8.99. The third-order valence-corrected chi connectivity index (χ3v) is 7.13. The van der Waals surface area contributed by atoms with Crippen molar-refractivity contribution in [1.82, 2.24) is 4.90 Å². The molecule has 0 unspecified atom stereocenters. The van der Waals surface area contributed by atoms with Crippen LogP contribution in [0.15, 0.2) is 46.8 Å². The van der Waals surface area contributed by atoms with Crippen molar-refractivity contribution in [3.05, 3.63) is 52.4 Å². The van der Waals surface area contributed by atoms with E-state index in [9.17, 15) is 9.59 Å². The molecule has 5 heteroatoms. The highest BCUT2D eigenvalue weighted by Crippen LogP contribution is 2.55. The van der Waals surface area contributed by atoms with E-state index in [1.54, 1.807) is 7.11 Å². The topological polar surface area (TPSA) is 55.8 Å². The summed E-state index contributed by atoms with van der Waals surface area (Å²) in [4.78, 5) is 29.9. The third-order valence-electron chi connectivity index (χ3n) is 7.13. The lowest BCUT2D eigenvalue weighted by Crippen LogP contribution is -2.45. The predicted octanol–water partition coefficient (Wildman–Crippen LogP) is 5.81. The summed E-state index contributed by atoms with van der Waals surface area (Å²) in [6, 6.07) is 7.93. The highest BCUT2D eigenvalue weighted by molar-refractivity contribution is 6.07. The first-order valence-corrected chi connectivity index (χ1v) is 12.5. The Labute approximate surface area is 204 Å². The van der Waals surface area contributed by atoms with Crippen LogP contribution in [0, 0.1) is 10.8 Å². The molecule has 0 radical (unpaired) electrons. The number of hydrogen-bond donors (Lipinski definition) is 0. The molecular formula is C29H39NO4. The van der Waals surface area contributed by atoms with Gasteiger partial charge in [-0.05, 0) is 43.6 Å². The molecule has 0 atom stereocenters. The molecule has 184 valence electrons. The lowest BCUT2D eigenvalue weighted by molar-refractivity contribution is -0.119. The van der Waals surface area contributed by atoms with E-state index < -0.39 is 0 Å². The Morgan fingerprint density at radius 2 is 1.44 bits per heavy atom. The first-order valence-electron chi connectivity index (χ1n) is 12.5. The van der Waals surface area contributed by atoms with E-state index in [1.165, 1.54) is 0 Å². The van der Waals surface area contributed by atoms with Crippen molar-refractivity contribution in [3.63, 3.8) is 0 Å². The number of hydrogen-bond acceptors (Lipinski definition) is 5. The molecule has 0 amide bonds. The van der Waals surface area contributed by atoms with Gasteiger partial charge in [-0.3, -0.25) is 9.59 Å². The first kappa shape index (κ1) is 24.7. The summed E-state index contributed by atoms with van der Waals surface area (Å²) in [5, 5.41) is 0. The van der Waals surface area contributed by atoms with E-state index in [0.29, 0.717) is 26.0 Å². The van der Waals surface area contributed by atoms with E-state index >= 15 is 0 Å². The van der Waals surface area contributed by atoms with Crippen LogP contribution in [0.1, 0.15) is 78.7 Å². The fraction of sp³-hybridized carbons (Fsp3) is 0.586. The smallest absolute Gasteiger partial charge is 0.162 e. The number of ketones is 2. The minimum Gasteiger partial charge on any atom is -0.491 e. The van der Waals surface area contributed by atoms with Gasteiger partial charge in [0, 0.05) is 60.5 Å². The number of Topliss-reactive ketones (excluding diaryl/α,β-unsaturated/α-hetero) is 2. The van der Waals surface area contributed by atoms with Gasteiger partial charge in [0.15, 0.2) is 11.6 Å². The van der Waals surface area contributed by atoms with Crippen molar-refractivity contribution >= 4 is 11.6 Å². The number of benzene rings is 1. The van der Waals surface area contributed by atoms with Crippen molar-refractivity contribution in [1.29, 1.82) is 0 Å². The molecule has 0 fully saturated rings. The molecule has 1 aromatic rings. The van der Waals surface area contributed by atoms with E-state index in [4.69, 9.17) is 9.47 Å². The van der Waals surface area contributed by atoms with Crippen LogP contribution >= 0.6 is 0 Å². The molecule has 0 aromatic heterocycles. The molecule has 0 bridgehead atoms. The van der Waals surface area contributed by atoms with Crippen LogP contribution in [0.3, 0.4) is 0 Å². The van der Waals surface area contributed by atoms with Crippen LogP contribution in [0.25, 0.3) is 0 Å². The number of ether oxygens (including phenoxy) is 2. The first-order chi connectivity index (χ1) is 15.9. The molecule has 0 N–H and O–H groups in total. The Kier molecular flexibility index (Phi) is 6.54. The molecule has 1 aromatic carbocycles. The molecule has 4 rings (SSSR count). The van der Waals surface area contributed by atoms with Gasteiger partial charge in [-0.25, -0.2) is 0 Å². The van der Waals surface area contributed by atoms with Crippen LogP contribution in [0.4, 0.5) is 0 Å². The minimum atomic E-state index is -0.383. The summed E-state index contributed by atoms with van der Waals surface area (Å²) >= 11 is 0. The van der Waals surface area contributed by atoms with Crippen LogP contribution in [0.2, 0.25) is 0 Å². The van der Waals surface area contributed by atoms with Crippen molar-refractivity contribution in [2.75, 3.05) is 20.3 Å². The maximum Gasteiger partial charge on any atom is 0.162 e. The lowest BCUT2D eigenvalue weighted by Gasteiger charge is -2.49. The van der Waals surface area contributed by atoms with Gasteiger partial charge in [0.1, 0.15) is 5.75 Å². The summed E-state index contributed by atoms with van der Waals surface area (Å²) in [6.45, 7) is 13.8. The molecule has 3 aliphatic rings. The molecular weight excluding hydrogens is 426 g/mol. The van der Waals surface area contributed by atoms with Crippen LogP contribution in [-0.2, 0) is 14.3 Å². The van der Waals surface area contributed by atoms with E-state index in [2.05, 4.69) is 32.6 Å². The average molecular weight is 466 g/mol. The Balaban J connectivity index is 1.99. The molecule has 0 spiro atoms. The number of carbonyl (C=O) groups is 2. The van der Waals surface area contributed by atoms with Crippen molar-refractivity contribution in [3.8, 4) is 5.75 Å². The Morgan fingerprint density at radius 1 is 0.912 bits per heavy atom. The number of para-hydroxylation sites is 1. The van der Waals surface area contributed by atoms with Gasteiger partial charge in [-0.15, -0.1) is 0 Å². The average Bonchev–Trinajstić information content (AvgIpc) is 2.70. The van der Waals surface area contributed by atoms with Crippen molar-refractivity contribution < 1.29 is 19.1 Å². The van der Waals surface area contributed by atoms with Gasteiger partial charge in [0.05, 0.1) is 12.7 Å². The highest BCUT2D eigenvalue weighted by atomic mass is 16.5. The Morgan fingerprint density at radius 3 is 1.94 bits per heavy atom. The number of allylic oxidation sites excluding steroid dienone is 4. The zero-order valence-electron chi connectivity index (χ0n) is 21.8. The maximum absolute atomic E-state index is 13.8. The molecule has 5 nitrogen and oxygen atoms in total. The van der Waals surface area contributed by atoms with E-state index in [1.807, 2.05) is 38.1 Å². The number of rotatable bonds is 6. The number of carbonyl (C=O) groups excluding carboxylic acids is 2. The maximum atomic E-state index is 13.8. The Bertz CT molecular complexity index is 1010. The molecule has 0 saturated carbocycles. The van der Waals surface area contributed by atoms with Gasteiger partial charge in [0.2, 0.25) is 0 Å². The van der Waals surface area contributed by atoms with Gasteiger partial charge < -0.3 is 14.4 Å². The largest absolute Gasteiger partial charge is 0.491 e. The van der Waals surface area contributed by atoms with Gasteiger partial charge in [0.25, 0.3) is 0 Å². The van der Waals surface area contributed by atoms with Crippen LogP contribution in [-0.4, -0.2) is 42.8 Å². The summed E-state index contributed by atoms with van der Waals surface area (Å²) in [5.41, 5.74) is 4.34. The number of methoxy groups -OCH3 is 1. The molecule has 34 heavy (non-hydrogen) atoms. The van der Waals surface area contributed by atoms with Gasteiger partial charge >= 0.3 is 0 Å². The van der Waals surface area contributed by atoms with Crippen molar-refractivity contribution in [2.24, 2.45) is 10.8 Å². The quantitative estimate of drug-likeness (QED) is 0.531. The Hall–Kier alpha value is -2.40. The zero-order chi connectivity index (χ0) is 24.8. The minimum absolute atomic E-state index is 0.00757. The molecule has 0 saturated heterocycles.